The summed E-state index contributed by atoms with van der Waals surface area (Å²) in [5.74, 6) is -2.79. The van der Waals surface area contributed by atoms with E-state index in [2.05, 4.69) is 10.6 Å². The number of hydrogen-bond donors (Lipinski definition) is 3. The predicted molar refractivity (Wildman–Crippen MR) is 104 cm³/mol. The Balaban J connectivity index is 1.93. The van der Waals surface area contributed by atoms with Crippen molar-refractivity contribution in [3.63, 3.8) is 0 Å². The lowest BCUT2D eigenvalue weighted by atomic mass is 9.76. The number of rotatable bonds is 3. The molecule has 1 spiro atoms. The molecule has 150 valence electrons. The van der Waals surface area contributed by atoms with Crippen molar-refractivity contribution in [3.05, 3.63) is 28.3 Å². The summed E-state index contributed by atoms with van der Waals surface area (Å²) in [5.41, 5.74) is 0.479. The van der Waals surface area contributed by atoms with Crippen LogP contribution in [0, 0.1) is 18.8 Å². The number of aliphatic hydroxyl groups is 1. The highest BCUT2D eigenvalue weighted by Crippen LogP contribution is 2.54. The van der Waals surface area contributed by atoms with Gasteiger partial charge in [0.05, 0.1) is 23.6 Å². The smallest absolute Gasteiger partial charge is 0.250 e. The van der Waals surface area contributed by atoms with Gasteiger partial charge >= 0.3 is 0 Å². The number of likely N-dealkylation sites (tertiary alicyclic amines) is 1. The fourth-order valence-electron chi connectivity index (χ4n) is 4.97. The predicted octanol–water partition coefficient (Wildman–Crippen LogP) is 1.55. The number of benzene rings is 1. The Morgan fingerprint density at radius 2 is 1.93 bits per heavy atom. The van der Waals surface area contributed by atoms with Crippen molar-refractivity contribution in [2.75, 3.05) is 5.32 Å². The van der Waals surface area contributed by atoms with Crippen LogP contribution in [-0.4, -0.2) is 45.9 Å². The Morgan fingerprint density at radius 1 is 1.25 bits per heavy atom. The van der Waals surface area contributed by atoms with Crippen molar-refractivity contribution in [2.45, 2.75) is 57.8 Å². The van der Waals surface area contributed by atoms with Crippen LogP contribution in [0.4, 0.5) is 5.69 Å². The largest absolute Gasteiger partial charge is 0.392 e. The standard InChI is InChI=1S/C20H24ClN3O4/c1-5-8(2)24-17(26)13-14(18(24)27)20(23-16(13)10(4)25)11-6-7-12(21)9(3)15(11)22-19(20)28/h6-8,10,13-14,16,23,25H,5H2,1-4H3,(H,22,28)/t8-,10-,13-,14-,16+,20-/m0/s1. The van der Waals surface area contributed by atoms with Gasteiger partial charge in [-0.2, -0.15) is 0 Å². The topological polar surface area (TPSA) is 98.7 Å². The molecule has 2 fully saturated rings. The fraction of sp³-hybridized carbons (Fsp3) is 0.550. The molecule has 3 N–H and O–H groups in total. The molecule has 0 aromatic heterocycles. The number of amides is 3. The van der Waals surface area contributed by atoms with E-state index in [0.29, 0.717) is 28.3 Å². The average molecular weight is 406 g/mol. The van der Waals surface area contributed by atoms with Gasteiger partial charge in [0.25, 0.3) is 0 Å². The molecule has 28 heavy (non-hydrogen) atoms. The van der Waals surface area contributed by atoms with Gasteiger partial charge in [0.1, 0.15) is 5.54 Å². The number of hydrogen-bond acceptors (Lipinski definition) is 5. The van der Waals surface area contributed by atoms with Crippen LogP contribution in [0.3, 0.4) is 0 Å². The maximum absolute atomic E-state index is 13.4. The van der Waals surface area contributed by atoms with Gasteiger partial charge in [0, 0.05) is 22.7 Å². The van der Waals surface area contributed by atoms with Crippen molar-refractivity contribution in [2.24, 2.45) is 11.8 Å². The minimum atomic E-state index is -1.40. The van der Waals surface area contributed by atoms with E-state index in [1.54, 1.807) is 26.0 Å². The van der Waals surface area contributed by atoms with E-state index in [4.69, 9.17) is 11.6 Å². The van der Waals surface area contributed by atoms with Crippen LogP contribution in [0.5, 0.6) is 0 Å². The first-order valence-electron chi connectivity index (χ1n) is 9.60. The molecule has 0 saturated carbocycles. The molecular formula is C20H24ClN3O4. The first-order chi connectivity index (χ1) is 13.2. The van der Waals surface area contributed by atoms with Crippen molar-refractivity contribution in [1.29, 1.82) is 0 Å². The van der Waals surface area contributed by atoms with Crippen molar-refractivity contribution >= 4 is 35.0 Å². The summed E-state index contributed by atoms with van der Waals surface area (Å²) in [4.78, 5) is 41.1. The van der Waals surface area contributed by atoms with Crippen molar-refractivity contribution in [3.8, 4) is 0 Å². The normalized spacial score (nSPS) is 33.3. The van der Waals surface area contributed by atoms with E-state index in [9.17, 15) is 19.5 Å². The summed E-state index contributed by atoms with van der Waals surface area (Å²) in [7, 11) is 0. The molecule has 8 heteroatoms. The molecule has 2 saturated heterocycles. The van der Waals surface area contributed by atoms with Gasteiger partial charge in [-0.25, -0.2) is 0 Å². The van der Waals surface area contributed by atoms with Crippen LogP contribution in [-0.2, 0) is 19.9 Å². The monoisotopic (exact) mass is 405 g/mol. The number of carbonyl (C=O) groups excluding carboxylic acids is 3. The van der Waals surface area contributed by atoms with E-state index in [1.165, 1.54) is 4.90 Å². The second-order valence-electron chi connectivity index (χ2n) is 8.08. The van der Waals surface area contributed by atoms with Gasteiger partial charge < -0.3 is 10.4 Å². The maximum atomic E-state index is 13.4. The second-order valence-corrected chi connectivity index (χ2v) is 8.48. The Morgan fingerprint density at radius 3 is 2.54 bits per heavy atom. The number of carbonyl (C=O) groups is 3. The van der Waals surface area contributed by atoms with Gasteiger partial charge in [-0.1, -0.05) is 24.6 Å². The highest BCUT2D eigenvalue weighted by molar-refractivity contribution is 6.32. The summed E-state index contributed by atoms with van der Waals surface area (Å²) in [5, 5.41) is 16.9. The summed E-state index contributed by atoms with van der Waals surface area (Å²) >= 11 is 6.22. The molecule has 0 aliphatic carbocycles. The molecular weight excluding hydrogens is 382 g/mol. The van der Waals surface area contributed by atoms with E-state index >= 15 is 0 Å². The summed E-state index contributed by atoms with van der Waals surface area (Å²) < 4.78 is 0. The number of nitrogens with zero attached hydrogens (tertiary/aromatic N) is 1. The molecule has 4 rings (SSSR count). The number of anilines is 1. The number of nitrogens with one attached hydrogen (secondary N) is 2. The molecule has 3 heterocycles. The lowest BCUT2D eigenvalue weighted by Crippen LogP contribution is -2.55. The zero-order valence-electron chi connectivity index (χ0n) is 16.2. The van der Waals surface area contributed by atoms with Crippen molar-refractivity contribution < 1.29 is 19.5 Å². The van der Waals surface area contributed by atoms with Crippen molar-refractivity contribution in [1.82, 2.24) is 10.2 Å². The fourth-order valence-corrected chi connectivity index (χ4v) is 5.13. The van der Waals surface area contributed by atoms with Crippen LogP contribution in [0.15, 0.2) is 12.1 Å². The second kappa shape index (κ2) is 6.27. The minimum Gasteiger partial charge on any atom is -0.392 e. The number of aliphatic hydroxyl groups excluding tert-OH is 1. The molecule has 7 nitrogen and oxygen atoms in total. The molecule has 0 bridgehead atoms. The van der Waals surface area contributed by atoms with Gasteiger partial charge in [-0.05, 0) is 38.8 Å². The first kappa shape index (κ1) is 19.4. The average Bonchev–Trinajstić information content (AvgIpc) is 3.24. The van der Waals surface area contributed by atoms with Gasteiger partial charge in [0.15, 0.2) is 0 Å². The first-order valence-corrected chi connectivity index (χ1v) is 9.98. The Kier molecular flexibility index (Phi) is 4.34. The number of fused-ring (bicyclic) bond motifs is 4. The lowest BCUT2D eigenvalue weighted by molar-refractivity contribution is -0.145. The Hall–Kier alpha value is -1.96. The Bertz CT molecular complexity index is 902. The zero-order chi connectivity index (χ0) is 20.5. The summed E-state index contributed by atoms with van der Waals surface area (Å²) in [6.07, 6.45) is -0.292. The van der Waals surface area contributed by atoms with E-state index in [0.717, 1.165) is 0 Å². The highest BCUT2D eigenvalue weighted by Gasteiger charge is 2.71. The number of imide groups is 1. The summed E-state index contributed by atoms with van der Waals surface area (Å²) in [6.45, 7) is 7.09. The third-order valence-electron chi connectivity index (χ3n) is 6.60. The van der Waals surface area contributed by atoms with Crippen LogP contribution in [0.1, 0.15) is 38.3 Å². The lowest BCUT2D eigenvalue weighted by Gasteiger charge is -2.31. The molecule has 1 aromatic carbocycles. The third-order valence-corrected chi connectivity index (χ3v) is 7.01. The maximum Gasteiger partial charge on any atom is 0.250 e. The highest BCUT2D eigenvalue weighted by atomic mass is 35.5. The molecule has 3 aliphatic rings. The SMILES string of the molecule is CC[C@H](C)N1C(=O)[C@@H]2[C@@H]([C@H](C)O)N[C@]3(C(=O)Nc4c3ccc(Cl)c4C)[C@@H]2C1=O. The van der Waals surface area contributed by atoms with E-state index < -0.39 is 35.4 Å². The van der Waals surface area contributed by atoms with Crippen LogP contribution in [0.25, 0.3) is 0 Å². The third kappa shape index (κ3) is 2.21. The molecule has 0 unspecified atom stereocenters. The summed E-state index contributed by atoms with van der Waals surface area (Å²) in [6, 6.07) is 2.44. The van der Waals surface area contributed by atoms with Gasteiger partial charge in [-0.3, -0.25) is 24.6 Å². The van der Waals surface area contributed by atoms with Crippen LogP contribution in [0.2, 0.25) is 5.02 Å². The molecule has 3 aliphatic heterocycles. The molecule has 6 atom stereocenters. The minimum absolute atomic E-state index is 0.270. The Labute approximate surface area is 168 Å². The zero-order valence-corrected chi connectivity index (χ0v) is 17.0. The molecule has 0 radical (unpaired) electrons. The van der Waals surface area contributed by atoms with Gasteiger partial charge in [0.2, 0.25) is 17.7 Å². The van der Waals surface area contributed by atoms with Crippen LogP contribution < -0.4 is 10.6 Å². The van der Waals surface area contributed by atoms with Crippen LogP contribution >= 0.6 is 11.6 Å². The quantitative estimate of drug-likeness (QED) is 0.663. The van der Waals surface area contributed by atoms with Gasteiger partial charge in [-0.15, -0.1) is 0 Å². The van der Waals surface area contributed by atoms with E-state index in [-0.39, 0.29) is 17.9 Å². The van der Waals surface area contributed by atoms with E-state index in [1.807, 2.05) is 13.8 Å². The number of halogens is 1. The molecule has 3 amide bonds. The molecule has 1 aromatic rings.